The summed E-state index contributed by atoms with van der Waals surface area (Å²) in [7, 11) is 0. The number of rotatable bonds is 11. The lowest BCUT2D eigenvalue weighted by atomic mass is 9.91. The molecule has 5 atom stereocenters. The fourth-order valence-electron chi connectivity index (χ4n) is 7.19. The van der Waals surface area contributed by atoms with Crippen LogP contribution in [-0.2, 0) is 9.59 Å². The number of halogens is 3. The average Bonchev–Trinajstić information content (AvgIpc) is 3.96. The van der Waals surface area contributed by atoms with E-state index >= 15 is 0 Å². The molecule has 7 N–H and O–H groups in total. The third-order valence-corrected chi connectivity index (χ3v) is 10.3. The predicted octanol–water partition coefficient (Wildman–Crippen LogP) is 4.54. The first-order chi connectivity index (χ1) is 28.7. The summed E-state index contributed by atoms with van der Waals surface area (Å²) in [5.41, 5.74) is 4.34. The molecule has 0 radical (unpaired) electrons. The summed E-state index contributed by atoms with van der Waals surface area (Å²) < 4.78 is 33.5. The highest BCUT2D eigenvalue weighted by Crippen LogP contribution is 2.35. The molecule has 19 heteroatoms. The van der Waals surface area contributed by atoms with E-state index in [4.69, 9.17) is 30.1 Å². The number of aliphatic hydroxyl groups is 2. The predicted molar refractivity (Wildman–Crippen MR) is 214 cm³/mol. The number of amides is 3. The highest BCUT2D eigenvalue weighted by Gasteiger charge is 2.44. The molecule has 0 unspecified atom stereocenters. The maximum absolute atomic E-state index is 12.9. The second-order valence-corrected chi connectivity index (χ2v) is 14.3. The van der Waals surface area contributed by atoms with Crippen LogP contribution in [-0.4, -0.2) is 103 Å². The van der Waals surface area contributed by atoms with Crippen molar-refractivity contribution in [2.75, 3.05) is 35.2 Å². The Kier molecular flexibility index (Phi) is 13.5. The van der Waals surface area contributed by atoms with Crippen LogP contribution in [0.2, 0.25) is 0 Å². The van der Waals surface area contributed by atoms with Gasteiger partial charge >= 0.3 is 18.2 Å². The number of fused-ring (bicyclic) bond motifs is 1. The molecule has 0 bridgehead atoms. The summed E-state index contributed by atoms with van der Waals surface area (Å²) in [6, 6.07) is 27.4. The first kappa shape index (κ1) is 42.8. The Morgan fingerprint density at radius 3 is 2.15 bits per heavy atom. The van der Waals surface area contributed by atoms with Crippen LogP contribution in [0, 0.1) is 11.3 Å². The lowest BCUT2D eigenvalue weighted by Gasteiger charge is -2.22. The highest BCUT2D eigenvalue weighted by molar-refractivity contribution is 5.89. The number of carboxylic acid groups (broad SMARTS) is 1. The molecule has 2 fully saturated rings. The monoisotopic (exact) mass is 828 g/mol. The Morgan fingerprint density at radius 1 is 0.933 bits per heavy atom. The Morgan fingerprint density at radius 2 is 1.57 bits per heavy atom. The normalized spacial score (nSPS) is 19.9. The number of nitrogens with one attached hydrogen (secondary N) is 4. The molecule has 1 aliphatic carbocycles. The van der Waals surface area contributed by atoms with Gasteiger partial charge in [-0.1, -0.05) is 67.6 Å². The van der Waals surface area contributed by atoms with Crippen molar-refractivity contribution in [3.63, 3.8) is 0 Å². The standard InChI is InChI=1S/C39H42N10O4.C2HF3O2/c1-2-32(50)45-30-19-31(35(52)34(30)51)49-23-42-33-36(41-21-29(25-9-5-3-6-10-25)26-11-7-4-8-12-26)46-38(47-37(33)49)48-18-17-28(22-48)44-39(53)43-27-15-13-24(20-40)14-16-27;3-2(4,5)1(6)7/h3-16,23,28-31,34-35,51-52H,2,17-19,21-22H2,1H3,(H,45,50)(H,41,46,47)(H2,43,44,53);(H,6,7)/t28-,30+,31-,34-,35+;/m1./s1. The largest absolute Gasteiger partial charge is 0.490 e. The van der Waals surface area contributed by atoms with E-state index in [9.17, 15) is 33.0 Å². The molecule has 7 rings (SSSR count). The van der Waals surface area contributed by atoms with Gasteiger partial charge in [0.15, 0.2) is 17.0 Å². The van der Waals surface area contributed by atoms with Crippen molar-refractivity contribution in [2.45, 2.75) is 68.6 Å². The molecule has 60 heavy (non-hydrogen) atoms. The highest BCUT2D eigenvalue weighted by atomic mass is 19.4. The van der Waals surface area contributed by atoms with Crippen molar-refractivity contribution in [1.82, 2.24) is 30.2 Å². The number of aliphatic hydroxyl groups excluding tert-OH is 2. The minimum atomic E-state index is -5.08. The van der Waals surface area contributed by atoms with Gasteiger partial charge in [-0.15, -0.1) is 0 Å². The quantitative estimate of drug-likeness (QED) is 0.0974. The molecular weight excluding hydrogens is 786 g/mol. The lowest BCUT2D eigenvalue weighted by molar-refractivity contribution is -0.192. The Balaban J connectivity index is 0.000000793. The van der Waals surface area contributed by atoms with E-state index in [1.54, 1.807) is 42.1 Å². The first-order valence-corrected chi connectivity index (χ1v) is 19.1. The second kappa shape index (κ2) is 18.9. The molecule has 3 aromatic carbocycles. The topological polar surface area (TPSA) is 231 Å². The third-order valence-electron chi connectivity index (χ3n) is 10.3. The zero-order chi connectivity index (χ0) is 43.0. The lowest BCUT2D eigenvalue weighted by Crippen LogP contribution is -2.42. The number of carboxylic acids is 1. The fraction of sp³-hybridized carbons (Fsp3) is 0.341. The summed E-state index contributed by atoms with van der Waals surface area (Å²) >= 11 is 0. The molecule has 2 aromatic heterocycles. The maximum atomic E-state index is 12.9. The van der Waals surface area contributed by atoms with Crippen molar-refractivity contribution in [1.29, 1.82) is 5.26 Å². The van der Waals surface area contributed by atoms with Crippen molar-refractivity contribution in [3.8, 4) is 6.07 Å². The van der Waals surface area contributed by atoms with Crippen LogP contribution < -0.4 is 26.2 Å². The van der Waals surface area contributed by atoms with Crippen LogP contribution in [0.4, 0.5) is 35.4 Å². The minimum absolute atomic E-state index is 0.00216. The molecule has 2 aliphatic rings. The molecule has 314 valence electrons. The minimum Gasteiger partial charge on any atom is -0.475 e. The number of hydrogen-bond acceptors (Lipinski definition) is 11. The molecule has 16 nitrogen and oxygen atoms in total. The Bertz CT molecular complexity index is 2270. The van der Waals surface area contributed by atoms with Gasteiger partial charge in [0.1, 0.15) is 12.2 Å². The summed E-state index contributed by atoms with van der Waals surface area (Å²) in [4.78, 5) is 50.6. The molecule has 5 aromatic rings. The van der Waals surface area contributed by atoms with Crippen molar-refractivity contribution in [3.05, 3.63) is 108 Å². The van der Waals surface area contributed by atoms with Gasteiger partial charge in [-0.2, -0.15) is 28.4 Å². The maximum Gasteiger partial charge on any atom is 0.490 e. The van der Waals surface area contributed by atoms with Gasteiger partial charge in [-0.3, -0.25) is 4.79 Å². The van der Waals surface area contributed by atoms with E-state index in [2.05, 4.69) is 51.6 Å². The number of nitriles is 1. The zero-order valence-corrected chi connectivity index (χ0v) is 32.3. The summed E-state index contributed by atoms with van der Waals surface area (Å²) in [6.45, 7) is 3.27. The average molecular weight is 829 g/mol. The van der Waals surface area contributed by atoms with Gasteiger partial charge in [-0.25, -0.2) is 14.6 Å². The third kappa shape index (κ3) is 10.3. The number of anilines is 3. The van der Waals surface area contributed by atoms with E-state index in [1.165, 1.54) is 0 Å². The molecule has 0 spiro atoms. The van der Waals surface area contributed by atoms with Crippen LogP contribution in [0.5, 0.6) is 0 Å². The number of aromatic nitrogens is 4. The molecule has 1 saturated heterocycles. The summed E-state index contributed by atoms with van der Waals surface area (Å²) in [5.74, 6) is -2.02. The van der Waals surface area contributed by atoms with Crippen molar-refractivity contribution >= 4 is 46.5 Å². The van der Waals surface area contributed by atoms with E-state index < -0.39 is 36.4 Å². The SMILES string of the molecule is CCC(=O)N[C@H]1C[C@@H](n2cnc3c(NCC(c4ccccc4)c4ccccc4)nc(N4CC[C@@H](NC(=O)Nc5ccc(C#N)cc5)C4)nc32)[C@H](O)[C@@H]1O.O=C(O)C(F)(F)F. The van der Waals surface area contributed by atoms with Crippen LogP contribution >= 0.6 is 0 Å². The van der Waals surface area contributed by atoms with Gasteiger partial charge in [0.25, 0.3) is 0 Å². The second-order valence-electron chi connectivity index (χ2n) is 14.3. The Labute approximate surface area is 342 Å². The van der Waals surface area contributed by atoms with Crippen molar-refractivity contribution in [2.24, 2.45) is 0 Å². The number of nitrogens with zero attached hydrogens (tertiary/aromatic N) is 6. The number of aliphatic carboxylic acids is 1. The number of carbonyl (C=O) groups excluding carboxylic acids is 2. The van der Waals surface area contributed by atoms with Crippen LogP contribution in [0.15, 0.2) is 91.3 Å². The molecule has 3 heterocycles. The van der Waals surface area contributed by atoms with E-state index in [1.807, 2.05) is 41.3 Å². The number of imidazole rings is 1. The van der Waals surface area contributed by atoms with Gasteiger partial charge < -0.3 is 46.1 Å². The number of benzene rings is 3. The molecular formula is C41H43F3N10O6. The summed E-state index contributed by atoms with van der Waals surface area (Å²) in [5, 5.41) is 50.5. The van der Waals surface area contributed by atoms with E-state index in [0.29, 0.717) is 60.2 Å². The number of alkyl halides is 3. The number of carbonyl (C=O) groups is 3. The van der Waals surface area contributed by atoms with Gasteiger partial charge in [-0.05, 0) is 48.2 Å². The first-order valence-electron chi connectivity index (χ1n) is 19.1. The van der Waals surface area contributed by atoms with Gasteiger partial charge in [0, 0.05) is 43.7 Å². The number of urea groups is 1. The Hall–Kier alpha value is -6.78. The number of hydrogen-bond donors (Lipinski definition) is 7. The molecule has 1 aliphatic heterocycles. The van der Waals surface area contributed by atoms with Gasteiger partial charge in [0.05, 0.1) is 30.0 Å². The molecule has 1 saturated carbocycles. The smallest absolute Gasteiger partial charge is 0.475 e. The van der Waals surface area contributed by atoms with E-state index in [-0.39, 0.29) is 36.7 Å². The van der Waals surface area contributed by atoms with Crippen molar-refractivity contribution < 1.29 is 42.9 Å². The zero-order valence-electron chi connectivity index (χ0n) is 32.3. The van der Waals surface area contributed by atoms with Crippen LogP contribution in [0.25, 0.3) is 11.2 Å². The fourth-order valence-corrected chi connectivity index (χ4v) is 7.19. The van der Waals surface area contributed by atoms with Gasteiger partial charge in [0.2, 0.25) is 11.9 Å². The summed E-state index contributed by atoms with van der Waals surface area (Å²) in [6.07, 6.45) is -4.60. The van der Waals surface area contributed by atoms with Crippen LogP contribution in [0.1, 0.15) is 54.8 Å². The van der Waals surface area contributed by atoms with E-state index in [0.717, 1.165) is 11.1 Å². The van der Waals surface area contributed by atoms with Crippen LogP contribution in [0.3, 0.4) is 0 Å². The molecule has 3 amide bonds.